The molecule has 2 aromatic carbocycles. The molecular formula is C36H43Cl2N5O5. The number of Topliss-reactive ketones (excluding diaryl/α,β-unsaturated/α-hetero) is 1. The first-order valence-electron chi connectivity index (χ1n) is 17.0. The number of benzene rings is 2. The number of nitrogens with zero attached hydrogens (tertiary/aromatic N) is 2. The van der Waals surface area contributed by atoms with Gasteiger partial charge in [-0.15, -0.1) is 0 Å². The van der Waals surface area contributed by atoms with E-state index in [2.05, 4.69) is 21.0 Å². The van der Waals surface area contributed by atoms with E-state index in [0.29, 0.717) is 35.9 Å². The summed E-state index contributed by atoms with van der Waals surface area (Å²) in [6.45, 7) is 4.33. The Morgan fingerprint density at radius 2 is 1.71 bits per heavy atom. The summed E-state index contributed by atoms with van der Waals surface area (Å²) in [5, 5.41) is 6.86. The Kier molecular flexibility index (Phi) is 10.7. The van der Waals surface area contributed by atoms with E-state index in [-0.39, 0.29) is 30.8 Å². The van der Waals surface area contributed by atoms with Gasteiger partial charge < -0.3 is 15.5 Å². The van der Waals surface area contributed by atoms with Crippen LogP contribution in [0.2, 0.25) is 10.0 Å². The van der Waals surface area contributed by atoms with Gasteiger partial charge in [0.15, 0.2) is 0 Å². The molecule has 3 atom stereocenters. The van der Waals surface area contributed by atoms with E-state index in [4.69, 9.17) is 28.0 Å². The molecule has 10 nitrogen and oxygen atoms in total. The molecule has 3 fully saturated rings. The van der Waals surface area contributed by atoms with Crippen molar-refractivity contribution in [3.8, 4) is 0 Å². The van der Waals surface area contributed by atoms with E-state index in [1.54, 1.807) is 4.90 Å². The molecule has 3 N–H and O–H groups in total. The van der Waals surface area contributed by atoms with Gasteiger partial charge >= 0.3 is 0 Å². The number of halogens is 2. The highest BCUT2D eigenvalue weighted by molar-refractivity contribution is 6.38. The highest BCUT2D eigenvalue weighted by atomic mass is 35.5. The van der Waals surface area contributed by atoms with Crippen molar-refractivity contribution in [2.75, 3.05) is 19.6 Å². The molecule has 1 spiro atoms. The number of rotatable bonds is 12. The molecule has 1 saturated carbocycles. The lowest BCUT2D eigenvalue weighted by Gasteiger charge is -2.33. The van der Waals surface area contributed by atoms with E-state index in [0.717, 1.165) is 55.6 Å². The number of ketones is 1. The van der Waals surface area contributed by atoms with Gasteiger partial charge in [0.25, 0.3) is 5.91 Å². The van der Waals surface area contributed by atoms with Crippen LogP contribution in [0.4, 0.5) is 0 Å². The fraction of sp³-hybridized carbons (Fsp3) is 0.500. The first-order chi connectivity index (χ1) is 23.1. The summed E-state index contributed by atoms with van der Waals surface area (Å²) in [6, 6.07) is 13.4. The van der Waals surface area contributed by atoms with Gasteiger partial charge in [-0.2, -0.15) is 0 Å². The number of amides is 3. The predicted molar refractivity (Wildman–Crippen MR) is 184 cm³/mol. The molecule has 0 bridgehead atoms. The average Bonchev–Trinajstić information content (AvgIpc) is 3.68. The van der Waals surface area contributed by atoms with E-state index in [1.165, 1.54) is 0 Å². The number of hydrogen-bond donors (Lipinski definition) is 3. The van der Waals surface area contributed by atoms with Crippen LogP contribution in [0.3, 0.4) is 0 Å². The molecule has 48 heavy (non-hydrogen) atoms. The molecule has 4 aliphatic rings. The number of carbonyl (C=O) groups is 4. The van der Waals surface area contributed by atoms with E-state index < -0.39 is 35.3 Å². The Labute approximate surface area is 291 Å². The van der Waals surface area contributed by atoms with Crippen LogP contribution in [-0.4, -0.2) is 76.7 Å². The average molecular weight is 697 g/mol. The number of nitrogens with one attached hydrogen (secondary N) is 3. The summed E-state index contributed by atoms with van der Waals surface area (Å²) < 4.78 is 0. The molecular weight excluding hydrogens is 653 g/mol. The zero-order valence-electron chi connectivity index (χ0n) is 27.2. The van der Waals surface area contributed by atoms with Gasteiger partial charge in [-0.25, -0.2) is 0 Å². The summed E-state index contributed by atoms with van der Waals surface area (Å²) in [5.74, 6) is -1.77. The van der Waals surface area contributed by atoms with Crippen molar-refractivity contribution in [2.45, 2.75) is 88.6 Å². The topological polar surface area (TPSA) is 120 Å². The highest BCUT2D eigenvalue weighted by Gasteiger charge is 2.52. The summed E-state index contributed by atoms with van der Waals surface area (Å²) in [5.41, 5.74) is 4.70. The van der Waals surface area contributed by atoms with E-state index in [1.807, 2.05) is 61.5 Å². The predicted octanol–water partition coefficient (Wildman–Crippen LogP) is 4.64. The number of piperidine rings is 1. The summed E-state index contributed by atoms with van der Waals surface area (Å²) in [7, 11) is 0. The van der Waals surface area contributed by atoms with Crippen LogP contribution in [0.25, 0.3) is 5.70 Å². The number of carbonyl (C=O) groups excluding carboxylic acids is 4. The molecule has 6 rings (SSSR count). The Balaban J connectivity index is 1.14. The van der Waals surface area contributed by atoms with Gasteiger partial charge in [0.1, 0.15) is 11.6 Å². The van der Waals surface area contributed by atoms with Crippen LogP contribution < -0.4 is 16.1 Å². The molecule has 1 aliphatic carbocycles. The van der Waals surface area contributed by atoms with Crippen LogP contribution in [0.5, 0.6) is 0 Å². The number of hydroxylamine groups is 1. The van der Waals surface area contributed by atoms with Gasteiger partial charge in [0, 0.05) is 41.0 Å². The summed E-state index contributed by atoms with van der Waals surface area (Å²) in [6.07, 6.45) is 6.73. The molecule has 12 heteroatoms. The fourth-order valence-corrected chi connectivity index (χ4v) is 7.42. The second kappa shape index (κ2) is 15.0. The Bertz CT molecular complexity index is 1540. The molecule has 256 valence electrons. The van der Waals surface area contributed by atoms with E-state index in [9.17, 15) is 19.2 Å². The molecule has 3 amide bonds. The molecule has 2 aromatic rings. The van der Waals surface area contributed by atoms with Crippen LogP contribution in [0.15, 0.2) is 54.6 Å². The number of likely N-dealkylation sites (tertiary alicyclic amines) is 2. The van der Waals surface area contributed by atoms with Gasteiger partial charge in [0.2, 0.25) is 17.6 Å². The summed E-state index contributed by atoms with van der Waals surface area (Å²) >= 11 is 12.8. The lowest BCUT2D eigenvalue weighted by Crippen LogP contribution is -2.53. The smallest absolute Gasteiger partial charge is 0.289 e. The fourth-order valence-electron chi connectivity index (χ4n) is 6.90. The number of hydrogen-bond acceptors (Lipinski definition) is 7. The zero-order chi connectivity index (χ0) is 33.8. The molecule has 2 saturated heterocycles. The third-order valence-corrected chi connectivity index (χ3v) is 10.5. The van der Waals surface area contributed by atoms with Crippen molar-refractivity contribution >= 4 is 52.4 Å². The maximum Gasteiger partial charge on any atom is 0.289 e. The van der Waals surface area contributed by atoms with Crippen molar-refractivity contribution in [3.63, 3.8) is 0 Å². The second-order valence-electron chi connectivity index (χ2n) is 13.5. The molecule has 0 radical (unpaired) electrons. The third kappa shape index (κ3) is 8.05. The van der Waals surface area contributed by atoms with Crippen molar-refractivity contribution in [2.24, 2.45) is 5.92 Å². The lowest BCUT2D eigenvalue weighted by molar-refractivity contribution is -0.142. The third-order valence-electron chi connectivity index (χ3n) is 9.79. The van der Waals surface area contributed by atoms with Crippen LogP contribution in [0, 0.1) is 5.92 Å². The van der Waals surface area contributed by atoms with Gasteiger partial charge in [0.05, 0.1) is 18.3 Å². The largest absolute Gasteiger partial charge is 0.347 e. The zero-order valence-corrected chi connectivity index (χ0v) is 28.7. The molecule has 0 aromatic heterocycles. The van der Waals surface area contributed by atoms with Gasteiger partial charge in [-0.05, 0) is 74.9 Å². The Morgan fingerprint density at radius 3 is 2.38 bits per heavy atom. The monoisotopic (exact) mass is 695 g/mol. The summed E-state index contributed by atoms with van der Waals surface area (Å²) in [4.78, 5) is 63.7. The van der Waals surface area contributed by atoms with Gasteiger partial charge in [-0.3, -0.25) is 34.4 Å². The Morgan fingerprint density at radius 1 is 1.00 bits per heavy atom. The minimum atomic E-state index is -0.969. The van der Waals surface area contributed by atoms with Crippen molar-refractivity contribution in [3.05, 3.63) is 75.8 Å². The van der Waals surface area contributed by atoms with Crippen molar-refractivity contribution in [1.29, 1.82) is 0 Å². The van der Waals surface area contributed by atoms with Crippen molar-refractivity contribution < 1.29 is 24.0 Å². The quantitative estimate of drug-likeness (QED) is 0.277. The normalized spacial score (nSPS) is 23.4. The van der Waals surface area contributed by atoms with Crippen LogP contribution in [-0.2, 0) is 30.6 Å². The highest BCUT2D eigenvalue weighted by Crippen LogP contribution is 2.38. The van der Waals surface area contributed by atoms with Crippen molar-refractivity contribution in [1.82, 2.24) is 25.9 Å². The second-order valence-corrected chi connectivity index (χ2v) is 14.3. The Hall–Kier alpha value is -3.44. The van der Waals surface area contributed by atoms with Gasteiger partial charge in [-0.1, -0.05) is 72.9 Å². The first kappa shape index (κ1) is 34.4. The maximum absolute atomic E-state index is 14.0. The molecule has 3 heterocycles. The minimum Gasteiger partial charge on any atom is -0.347 e. The molecule has 0 unspecified atom stereocenters. The van der Waals surface area contributed by atoms with Crippen LogP contribution >= 0.6 is 23.2 Å². The maximum atomic E-state index is 14.0. The van der Waals surface area contributed by atoms with Crippen LogP contribution in [0.1, 0.15) is 69.4 Å². The SMILES string of the molecule is CCC[C@H](NC(=O)[C@@H]1C[C@]2(C=C(c3ccccc3)NO2)CN1C(=O)CC1CCN(Cc2c(Cl)cccc2Cl)CC1)C(=O)C(=O)NC1CC1. The van der Waals surface area contributed by atoms with E-state index >= 15 is 0 Å². The standard InChI is InChI=1S/C36H43Cl2N5O5/c1-2-7-29(33(45)35(47)39-25-12-13-25)40-34(46)31-20-36(19-30(41-48-36)24-8-4-3-5-9-24)22-43(31)32(44)18-23-14-16-42(17-15-23)21-26-27(37)10-6-11-28(26)38/h3-6,8-11,19,23,25,29,31,41H,2,7,12-18,20-22H2,1H3,(H,39,47)(H,40,46)/t29-,31-,36+/m0/s1. The molecule has 3 aliphatic heterocycles. The lowest BCUT2D eigenvalue weighted by atomic mass is 9.92. The minimum absolute atomic E-state index is 0.0284. The first-order valence-corrected chi connectivity index (χ1v) is 17.7.